The zero-order chi connectivity index (χ0) is 25.8. The summed E-state index contributed by atoms with van der Waals surface area (Å²) in [6.07, 6.45) is 6.74. The summed E-state index contributed by atoms with van der Waals surface area (Å²) in [5.41, 5.74) is 3.60. The number of amides is 1. The number of carbonyl (C=O) groups excluding carboxylic acids is 1. The summed E-state index contributed by atoms with van der Waals surface area (Å²) < 4.78 is 12.6. The molecule has 5 aromatic rings. The highest BCUT2D eigenvalue weighted by molar-refractivity contribution is 6.06. The van der Waals surface area contributed by atoms with Crippen molar-refractivity contribution in [2.75, 3.05) is 27.7 Å². The highest BCUT2D eigenvalue weighted by Gasteiger charge is 2.21. The van der Waals surface area contributed by atoms with Gasteiger partial charge < -0.3 is 19.4 Å². The summed E-state index contributed by atoms with van der Waals surface area (Å²) in [4.78, 5) is 24.7. The molecule has 0 aliphatic heterocycles. The number of likely N-dealkylation sites (N-methyl/N-ethyl adjacent to an activating group) is 1. The number of hydrogen-bond acceptors (Lipinski definition) is 7. The average molecular weight is 497 g/mol. The van der Waals surface area contributed by atoms with Crippen LogP contribution in [0.4, 0.5) is 0 Å². The molecule has 0 saturated heterocycles. The van der Waals surface area contributed by atoms with Crippen molar-refractivity contribution >= 4 is 16.9 Å². The molecule has 0 radical (unpaired) electrons. The highest BCUT2D eigenvalue weighted by Crippen LogP contribution is 2.26. The van der Waals surface area contributed by atoms with Crippen LogP contribution in [0.15, 0.2) is 83.9 Å². The first-order valence-corrected chi connectivity index (χ1v) is 11.9. The molecular formula is C28H28N6O3. The fourth-order valence-electron chi connectivity index (χ4n) is 4.30. The number of furan rings is 1. The Morgan fingerprint density at radius 2 is 2.03 bits per heavy atom. The maximum absolute atomic E-state index is 13.6. The van der Waals surface area contributed by atoms with Gasteiger partial charge in [0, 0.05) is 24.5 Å². The number of nitrogens with zero attached hydrogens (tertiary/aromatic N) is 5. The van der Waals surface area contributed by atoms with Crippen LogP contribution in [0.3, 0.4) is 0 Å². The minimum absolute atomic E-state index is 0.0455. The van der Waals surface area contributed by atoms with Crippen molar-refractivity contribution in [3.8, 4) is 17.0 Å². The van der Waals surface area contributed by atoms with E-state index < -0.39 is 0 Å². The topological polar surface area (TPSA) is 98.3 Å². The van der Waals surface area contributed by atoms with E-state index in [9.17, 15) is 4.79 Å². The van der Waals surface area contributed by atoms with Crippen molar-refractivity contribution in [1.82, 2.24) is 30.0 Å². The molecule has 9 heteroatoms. The lowest BCUT2D eigenvalue weighted by Gasteiger charge is -2.25. The predicted octanol–water partition coefficient (Wildman–Crippen LogP) is 4.18. The van der Waals surface area contributed by atoms with Crippen molar-refractivity contribution in [1.29, 1.82) is 0 Å². The predicted molar refractivity (Wildman–Crippen MR) is 140 cm³/mol. The van der Waals surface area contributed by atoms with Crippen LogP contribution in [0.2, 0.25) is 0 Å². The first kappa shape index (κ1) is 24.2. The molecule has 0 fully saturated rings. The van der Waals surface area contributed by atoms with E-state index in [0.717, 1.165) is 22.6 Å². The third-order valence-electron chi connectivity index (χ3n) is 6.25. The molecule has 4 aromatic heterocycles. The molecule has 1 amide bonds. The van der Waals surface area contributed by atoms with Gasteiger partial charge in [0.05, 0.1) is 42.3 Å². The Bertz CT molecular complexity index is 1500. The molecule has 1 atom stereocenters. The SMILES string of the molecule is COc1cccc(C(CNC(=O)c2cc(-c3cccnc3)nc3c2cnn3Cc2ccco2)N(C)C)c1. The van der Waals surface area contributed by atoms with Crippen LogP contribution in [-0.2, 0) is 6.54 Å². The first-order chi connectivity index (χ1) is 18.0. The third-order valence-corrected chi connectivity index (χ3v) is 6.25. The number of benzene rings is 1. The Labute approximate surface area is 214 Å². The lowest BCUT2D eigenvalue weighted by molar-refractivity contribution is 0.0943. The van der Waals surface area contributed by atoms with E-state index in [2.05, 4.69) is 20.3 Å². The van der Waals surface area contributed by atoms with Crippen molar-refractivity contribution in [3.63, 3.8) is 0 Å². The first-order valence-electron chi connectivity index (χ1n) is 11.9. The Kier molecular flexibility index (Phi) is 6.96. The fraction of sp³-hybridized carbons (Fsp3) is 0.214. The van der Waals surface area contributed by atoms with Gasteiger partial charge in [-0.3, -0.25) is 9.78 Å². The molecule has 0 bridgehead atoms. The summed E-state index contributed by atoms with van der Waals surface area (Å²) in [5.74, 6) is 1.32. The lowest BCUT2D eigenvalue weighted by atomic mass is 10.0. The van der Waals surface area contributed by atoms with Crippen LogP contribution in [-0.4, -0.2) is 58.3 Å². The van der Waals surface area contributed by atoms with E-state index in [1.807, 2.05) is 62.6 Å². The smallest absolute Gasteiger partial charge is 0.252 e. The van der Waals surface area contributed by atoms with Crippen molar-refractivity contribution in [2.45, 2.75) is 12.6 Å². The van der Waals surface area contributed by atoms with Crippen molar-refractivity contribution in [2.24, 2.45) is 0 Å². The number of fused-ring (bicyclic) bond motifs is 1. The number of nitrogens with one attached hydrogen (secondary N) is 1. The molecule has 0 aliphatic carbocycles. The summed E-state index contributed by atoms with van der Waals surface area (Å²) in [7, 11) is 5.62. The Balaban J connectivity index is 1.49. The summed E-state index contributed by atoms with van der Waals surface area (Å²) in [5, 5.41) is 8.30. The van der Waals surface area contributed by atoms with E-state index >= 15 is 0 Å². The van der Waals surface area contributed by atoms with Crippen LogP contribution in [0, 0.1) is 0 Å². The second-order valence-electron chi connectivity index (χ2n) is 8.88. The molecule has 1 N–H and O–H groups in total. The van der Waals surface area contributed by atoms with Crippen molar-refractivity contribution < 1.29 is 13.9 Å². The van der Waals surface area contributed by atoms with Gasteiger partial charge in [0.15, 0.2) is 5.65 Å². The van der Waals surface area contributed by atoms with Crippen LogP contribution < -0.4 is 10.1 Å². The normalized spacial score (nSPS) is 12.1. The van der Waals surface area contributed by atoms with Gasteiger partial charge >= 0.3 is 0 Å². The Morgan fingerprint density at radius 3 is 2.76 bits per heavy atom. The molecule has 0 saturated carbocycles. The molecule has 37 heavy (non-hydrogen) atoms. The zero-order valence-electron chi connectivity index (χ0n) is 21.0. The molecule has 4 heterocycles. The van der Waals surface area contributed by atoms with Gasteiger partial charge in [-0.05, 0) is 62.1 Å². The van der Waals surface area contributed by atoms with E-state index in [1.54, 1.807) is 42.7 Å². The van der Waals surface area contributed by atoms with Gasteiger partial charge in [-0.1, -0.05) is 12.1 Å². The molecular weight excluding hydrogens is 468 g/mol. The molecule has 0 aliphatic rings. The summed E-state index contributed by atoms with van der Waals surface area (Å²) >= 11 is 0. The van der Waals surface area contributed by atoms with Gasteiger partial charge in [0.25, 0.3) is 5.91 Å². The quantitative estimate of drug-likeness (QED) is 0.327. The van der Waals surface area contributed by atoms with Crippen LogP contribution in [0.1, 0.15) is 27.7 Å². The van der Waals surface area contributed by atoms with E-state index in [0.29, 0.717) is 35.4 Å². The van der Waals surface area contributed by atoms with Crippen LogP contribution in [0.5, 0.6) is 5.75 Å². The van der Waals surface area contributed by atoms with Gasteiger partial charge in [0.1, 0.15) is 18.1 Å². The largest absolute Gasteiger partial charge is 0.497 e. The molecule has 5 rings (SSSR count). The molecule has 0 spiro atoms. The van der Waals surface area contributed by atoms with E-state index in [-0.39, 0.29) is 11.9 Å². The van der Waals surface area contributed by atoms with Gasteiger partial charge in [-0.25, -0.2) is 9.67 Å². The number of methoxy groups -OCH3 is 1. The maximum Gasteiger partial charge on any atom is 0.252 e. The third kappa shape index (κ3) is 5.22. The number of pyridine rings is 2. The average Bonchev–Trinajstić information content (AvgIpc) is 3.59. The molecule has 1 unspecified atom stereocenters. The van der Waals surface area contributed by atoms with E-state index in [1.165, 1.54) is 0 Å². The molecule has 188 valence electrons. The summed E-state index contributed by atoms with van der Waals surface area (Å²) in [6.45, 7) is 0.811. The second-order valence-corrected chi connectivity index (χ2v) is 8.88. The zero-order valence-corrected chi connectivity index (χ0v) is 21.0. The summed E-state index contributed by atoms with van der Waals surface area (Å²) in [6, 6.07) is 17.1. The second kappa shape index (κ2) is 10.6. The number of aromatic nitrogens is 4. The number of carbonyl (C=O) groups is 1. The van der Waals surface area contributed by atoms with Gasteiger partial charge in [0.2, 0.25) is 0 Å². The Morgan fingerprint density at radius 1 is 1.14 bits per heavy atom. The van der Waals surface area contributed by atoms with Gasteiger partial charge in [-0.15, -0.1) is 0 Å². The van der Waals surface area contributed by atoms with Crippen molar-refractivity contribution in [3.05, 3.63) is 96.3 Å². The monoisotopic (exact) mass is 496 g/mol. The highest BCUT2D eigenvalue weighted by atomic mass is 16.5. The van der Waals surface area contributed by atoms with Crippen LogP contribution in [0.25, 0.3) is 22.3 Å². The lowest BCUT2D eigenvalue weighted by Crippen LogP contribution is -2.34. The maximum atomic E-state index is 13.6. The molecule has 1 aromatic carbocycles. The number of hydrogen-bond donors (Lipinski definition) is 1. The minimum atomic E-state index is -0.204. The number of rotatable bonds is 9. The standard InChI is InChI=1S/C28H28N6O3/c1-33(2)26(19-7-4-9-21(13-19)36-3)17-30-28(35)23-14-25(20-8-5-11-29-15-20)32-27-24(23)16-31-34(27)18-22-10-6-12-37-22/h4-16,26H,17-18H2,1-3H3,(H,30,35). The van der Waals surface area contributed by atoms with E-state index in [4.69, 9.17) is 14.1 Å². The van der Waals surface area contributed by atoms with Crippen LogP contribution >= 0.6 is 0 Å². The number of ether oxygens (including phenoxy) is 1. The minimum Gasteiger partial charge on any atom is -0.497 e. The molecule has 9 nitrogen and oxygen atoms in total. The Hall–Kier alpha value is -4.50. The van der Waals surface area contributed by atoms with Gasteiger partial charge in [-0.2, -0.15) is 5.10 Å². The fourth-order valence-corrected chi connectivity index (χ4v) is 4.30.